The highest BCUT2D eigenvalue weighted by Crippen LogP contribution is 2.34. The first-order valence-corrected chi connectivity index (χ1v) is 9.51. The molecule has 3 rings (SSSR count). The summed E-state index contributed by atoms with van der Waals surface area (Å²) in [5.74, 6) is 1.02. The van der Waals surface area contributed by atoms with Crippen LogP contribution in [0.15, 0.2) is 33.4 Å². The number of ketones is 1. The van der Waals surface area contributed by atoms with Crippen LogP contribution in [0.25, 0.3) is 11.0 Å². The van der Waals surface area contributed by atoms with Gasteiger partial charge in [-0.1, -0.05) is 26.0 Å². The average molecular weight is 419 g/mol. The van der Waals surface area contributed by atoms with Crippen molar-refractivity contribution in [3.05, 3.63) is 28.4 Å². The molecule has 2 heterocycles. The number of nitrogens with zero attached hydrogens (tertiary/aromatic N) is 4. The zero-order valence-electron chi connectivity index (χ0n) is 15.5. The van der Waals surface area contributed by atoms with Gasteiger partial charge in [0.2, 0.25) is 0 Å². The van der Waals surface area contributed by atoms with Gasteiger partial charge in [-0.15, -0.1) is 5.10 Å². The van der Waals surface area contributed by atoms with Crippen molar-refractivity contribution in [1.29, 1.82) is 0 Å². The van der Waals surface area contributed by atoms with Gasteiger partial charge >= 0.3 is 0 Å². The van der Waals surface area contributed by atoms with Crippen molar-refractivity contribution < 1.29 is 9.53 Å². The highest BCUT2D eigenvalue weighted by atomic mass is 79.9. The van der Waals surface area contributed by atoms with Gasteiger partial charge in [-0.3, -0.25) is 9.79 Å². The Morgan fingerprint density at radius 3 is 2.81 bits per heavy atom. The predicted octanol–water partition coefficient (Wildman–Crippen LogP) is 4.33. The zero-order valence-corrected chi connectivity index (χ0v) is 17.1. The van der Waals surface area contributed by atoms with Gasteiger partial charge < -0.3 is 4.74 Å². The molecule has 7 heteroatoms. The molecule has 0 N–H and O–H groups in total. The van der Waals surface area contributed by atoms with Crippen LogP contribution in [0.5, 0.6) is 5.75 Å². The number of aromatic nitrogens is 3. The topological polar surface area (TPSA) is 69.4 Å². The van der Waals surface area contributed by atoms with Crippen molar-refractivity contribution in [2.75, 3.05) is 6.54 Å². The van der Waals surface area contributed by atoms with Crippen molar-refractivity contribution in [2.24, 2.45) is 10.4 Å². The molecular formula is C19H23BrN4O2. The average Bonchev–Trinajstić information content (AvgIpc) is 2.78. The molecule has 138 valence electrons. The molecule has 26 heavy (non-hydrogen) atoms. The van der Waals surface area contributed by atoms with Crippen LogP contribution >= 0.6 is 15.9 Å². The lowest BCUT2D eigenvalue weighted by Gasteiger charge is -2.18. The number of allylic oxidation sites excluding steroid dienone is 2. The third-order valence-electron chi connectivity index (χ3n) is 3.96. The number of benzene rings is 1. The molecule has 0 atom stereocenters. The Hall–Kier alpha value is -2.02. The summed E-state index contributed by atoms with van der Waals surface area (Å²) < 4.78 is 8.67. The fraction of sp³-hybridized carbons (Fsp3) is 0.474. The minimum Gasteiger partial charge on any atom is -0.454 e. The smallest absolute Gasteiger partial charge is 0.181 e. The van der Waals surface area contributed by atoms with Crippen LogP contribution in [-0.4, -0.2) is 33.0 Å². The fourth-order valence-electron chi connectivity index (χ4n) is 2.81. The maximum Gasteiger partial charge on any atom is 0.181 e. The number of aliphatic imine (C=N–C) groups is 1. The van der Waals surface area contributed by atoms with E-state index in [1.807, 2.05) is 22.9 Å². The van der Waals surface area contributed by atoms with Gasteiger partial charge in [-0.05, 0) is 52.4 Å². The Balaban J connectivity index is 1.95. The van der Waals surface area contributed by atoms with E-state index >= 15 is 0 Å². The van der Waals surface area contributed by atoms with E-state index in [0.717, 1.165) is 34.9 Å². The van der Waals surface area contributed by atoms with Crippen LogP contribution in [0.2, 0.25) is 0 Å². The first-order valence-electron chi connectivity index (χ1n) is 8.72. The summed E-state index contributed by atoms with van der Waals surface area (Å²) in [7, 11) is 0. The summed E-state index contributed by atoms with van der Waals surface area (Å²) in [6, 6.07) is 3.82. The Bertz CT molecular complexity index is 906. The lowest BCUT2D eigenvalue weighted by atomic mass is 9.97. The highest BCUT2D eigenvalue weighted by molar-refractivity contribution is 9.10. The van der Waals surface area contributed by atoms with E-state index in [-0.39, 0.29) is 11.2 Å². The number of halogens is 1. The van der Waals surface area contributed by atoms with E-state index in [2.05, 4.69) is 52.0 Å². The van der Waals surface area contributed by atoms with Crippen molar-refractivity contribution in [3.63, 3.8) is 0 Å². The lowest BCUT2D eigenvalue weighted by molar-refractivity contribution is -0.111. The molecule has 0 unspecified atom stereocenters. The summed E-state index contributed by atoms with van der Waals surface area (Å²) in [6.07, 6.45) is 3.67. The molecule has 0 saturated heterocycles. The van der Waals surface area contributed by atoms with Crippen LogP contribution in [0, 0.1) is 5.41 Å². The van der Waals surface area contributed by atoms with Crippen molar-refractivity contribution in [2.45, 2.75) is 47.1 Å². The largest absolute Gasteiger partial charge is 0.454 e. The van der Waals surface area contributed by atoms with Crippen molar-refractivity contribution in [1.82, 2.24) is 15.0 Å². The number of ether oxygens (including phenoxy) is 1. The number of rotatable bonds is 4. The van der Waals surface area contributed by atoms with Crippen LogP contribution in [0.4, 0.5) is 0 Å². The van der Waals surface area contributed by atoms with E-state index in [0.29, 0.717) is 23.8 Å². The standard InChI is InChI=1S/C19H23BrN4O2/c1-12(25)17-15(7-5-6-10-21-17)26-14-9-8-13-18(16(14)20)22-23-24(13)11-19(2,3)4/h7-9H,5-6,10-11H2,1-4H3. The highest BCUT2D eigenvalue weighted by Gasteiger charge is 2.21. The molecule has 6 nitrogen and oxygen atoms in total. The van der Waals surface area contributed by atoms with Gasteiger partial charge in [0.05, 0.1) is 9.99 Å². The van der Waals surface area contributed by atoms with E-state index in [1.54, 1.807) is 0 Å². The Kier molecular flexibility index (Phi) is 5.27. The molecule has 0 spiro atoms. The van der Waals surface area contributed by atoms with Crippen LogP contribution < -0.4 is 4.74 Å². The molecule has 0 fully saturated rings. The third-order valence-corrected chi connectivity index (χ3v) is 4.73. The Labute approximate surface area is 161 Å². The number of Topliss-reactive ketones (excluding diaryl/α,β-unsaturated/α-hetero) is 1. The van der Waals surface area contributed by atoms with Gasteiger partial charge in [0.15, 0.2) is 11.5 Å². The minimum absolute atomic E-state index is 0.0912. The molecule has 1 aromatic carbocycles. The summed E-state index contributed by atoms with van der Waals surface area (Å²) in [4.78, 5) is 16.3. The maximum atomic E-state index is 11.9. The molecule has 0 saturated carbocycles. The number of fused-ring (bicyclic) bond motifs is 1. The van der Waals surface area contributed by atoms with Gasteiger partial charge in [0.1, 0.15) is 17.0 Å². The normalized spacial score (nSPS) is 15.4. The molecule has 2 aromatic rings. The number of carbonyl (C=O) groups is 1. The van der Waals surface area contributed by atoms with Crippen molar-refractivity contribution >= 4 is 38.5 Å². The van der Waals surface area contributed by atoms with Gasteiger partial charge in [0.25, 0.3) is 0 Å². The Morgan fingerprint density at radius 1 is 1.35 bits per heavy atom. The van der Waals surface area contributed by atoms with E-state index in [4.69, 9.17) is 4.74 Å². The minimum atomic E-state index is -0.0912. The molecule has 0 amide bonds. The van der Waals surface area contributed by atoms with E-state index < -0.39 is 0 Å². The maximum absolute atomic E-state index is 11.9. The zero-order chi connectivity index (χ0) is 18.9. The number of hydrogen-bond donors (Lipinski definition) is 0. The summed E-state index contributed by atoms with van der Waals surface area (Å²) >= 11 is 3.59. The van der Waals surface area contributed by atoms with Crippen LogP contribution in [0.1, 0.15) is 40.5 Å². The summed E-state index contributed by atoms with van der Waals surface area (Å²) in [6.45, 7) is 9.40. The second-order valence-corrected chi connectivity index (χ2v) is 8.45. The predicted molar refractivity (Wildman–Crippen MR) is 106 cm³/mol. The lowest BCUT2D eigenvalue weighted by Crippen LogP contribution is -2.17. The number of carbonyl (C=O) groups excluding carboxylic acids is 1. The van der Waals surface area contributed by atoms with Crippen molar-refractivity contribution in [3.8, 4) is 5.75 Å². The molecule has 0 bridgehead atoms. The molecule has 1 aliphatic rings. The van der Waals surface area contributed by atoms with Crippen LogP contribution in [0.3, 0.4) is 0 Å². The quantitative estimate of drug-likeness (QED) is 0.740. The molecular weight excluding hydrogens is 396 g/mol. The molecule has 1 aliphatic heterocycles. The molecule has 0 aliphatic carbocycles. The number of hydrogen-bond acceptors (Lipinski definition) is 5. The second kappa shape index (κ2) is 7.31. The fourth-order valence-corrected chi connectivity index (χ4v) is 3.31. The SMILES string of the molecule is CC(=O)C1=NCCCC=C1Oc1ccc2c(nnn2CC(C)(C)C)c1Br. The first kappa shape index (κ1) is 18.8. The Morgan fingerprint density at radius 2 is 2.12 bits per heavy atom. The summed E-state index contributed by atoms with van der Waals surface area (Å²) in [5, 5.41) is 8.57. The molecule has 0 radical (unpaired) electrons. The van der Waals surface area contributed by atoms with Gasteiger partial charge in [-0.2, -0.15) is 0 Å². The first-order chi connectivity index (χ1) is 12.3. The van der Waals surface area contributed by atoms with E-state index in [9.17, 15) is 4.79 Å². The molecule has 1 aromatic heterocycles. The second-order valence-electron chi connectivity index (χ2n) is 7.65. The van der Waals surface area contributed by atoms with Gasteiger partial charge in [0, 0.05) is 20.0 Å². The van der Waals surface area contributed by atoms with E-state index in [1.165, 1.54) is 6.92 Å². The van der Waals surface area contributed by atoms with Gasteiger partial charge in [-0.25, -0.2) is 4.68 Å². The van der Waals surface area contributed by atoms with Crippen LogP contribution in [-0.2, 0) is 11.3 Å². The summed E-state index contributed by atoms with van der Waals surface area (Å²) in [5.41, 5.74) is 2.17. The monoisotopic (exact) mass is 418 g/mol. The third kappa shape index (κ3) is 4.03.